The molecule has 2 N–H and O–H groups in total. The smallest absolute Gasteiger partial charge is 0.249 e. The molecular formula is C20H22N2O3S. The number of methoxy groups -OCH3 is 1. The van der Waals surface area contributed by atoms with Gasteiger partial charge in [-0.15, -0.1) is 11.8 Å². The van der Waals surface area contributed by atoms with Crippen molar-refractivity contribution in [1.82, 2.24) is 0 Å². The fourth-order valence-corrected chi connectivity index (χ4v) is 4.14. The molecule has 0 aromatic heterocycles. The molecule has 3 rings (SSSR count). The summed E-state index contributed by atoms with van der Waals surface area (Å²) in [6.45, 7) is 2.56. The molecule has 1 aliphatic heterocycles. The van der Waals surface area contributed by atoms with Crippen LogP contribution >= 0.6 is 11.8 Å². The number of hydrogen-bond donors (Lipinski definition) is 1. The van der Waals surface area contributed by atoms with Gasteiger partial charge in [0, 0.05) is 22.7 Å². The molecule has 0 aliphatic carbocycles. The molecule has 1 heterocycles. The predicted molar refractivity (Wildman–Crippen MR) is 104 cm³/mol. The summed E-state index contributed by atoms with van der Waals surface area (Å²) in [5, 5.41) is -0.244. The number of primary amides is 1. The van der Waals surface area contributed by atoms with Crippen molar-refractivity contribution in [2.24, 2.45) is 5.73 Å². The van der Waals surface area contributed by atoms with Crippen molar-refractivity contribution in [3.05, 3.63) is 53.6 Å². The van der Waals surface area contributed by atoms with Crippen LogP contribution in [0.5, 0.6) is 5.75 Å². The lowest BCUT2D eigenvalue weighted by molar-refractivity contribution is -0.117. The average Bonchev–Trinajstić information content (AvgIpc) is 2.66. The molecule has 1 atom stereocenters. The minimum Gasteiger partial charge on any atom is -0.497 e. The molecule has 0 bridgehead atoms. The summed E-state index contributed by atoms with van der Waals surface area (Å²) in [6.07, 6.45) is 1.58. The summed E-state index contributed by atoms with van der Waals surface area (Å²) >= 11 is 1.51. The number of thioether (sulfide) groups is 1. The number of anilines is 1. The molecule has 26 heavy (non-hydrogen) atoms. The standard InChI is InChI=1S/C20H22N2O3S/c1-13(26-15-10-8-14(25-2)9-11-15)20(24)22-12-4-6-16-17(19(21)23)5-3-7-18(16)22/h3,5,7-11,13H,4,6,12H2,1-2H3,(H2,21,23). The molecule has 2 amide bonds. The molecule has 136 valence electrons. The van der Waals surface area contributed by atoms with Crippen molar-refractivity contribution >= 4 is 29.3 Å². The molecular weight excluding hydrogens is 348 g/mol. The zero-order chi connectivity index (χ0) is 18.7. The first-order valence-corrected chi connectivity index (χ1v) is 9.43. The molecule has 5 nitrogen and oxygen atoms in total. The Balaban J connectivity index is 1.80. The molecule has 1 unspecified atom stereocenters. The van der Waals surface area contributed by atoms with Gasteiger partial charge in [-0.05, 0) is 61.7 Å². The fraction of sp³-hybridized carbons (Fsp3) is 0.300. The summed E-state index contributed by atoms with van der Waals surface area (Å²) in [5.74, 6) is 0.377. The summed E-state index contributed by atoms with van der Waals surface area (Å²) in [5.41, 5.74) is 7.68. The summed E-state index contributed by atoms with van der Waals surface area (Å²) < 4.78 is 5.16. The number of ether oxygens (including phenoxy) is 1. The van der Waals surface area contributed by atoms with E-state index in [1.54, 1.807) is 24.1 Å². The zero-order valence-corrected chi connectivity index (χ0v) is 15.7. The quantitative estimate of drug-likeness (QED) is 0.820. The van der Waals surface area contributed by atoms with Crippen molar-refractivity contribution < 1.29 is 14.3 Å². The third-order valence-electron chi connectivity index (χ3n) is 4.50. The van der Waals surface area contributed by atoms with Crippen molar-refractivity contribution in [3.8, 4) is 5.75 Å². The highest BCUT2D eigenvalue weighted by atomic mass is 32.2. The molecule has 6 heteroatoms. The monoisotopic (exact) mass is 370 g/mol. The van der Waals surface area contributed by atoms with Crippen LogP contribution in [0.3, 0.4) is 0 Å². The van der Waals surface area contributed by atoms with Crippen molar-refractivity contribution in [3.63, 3.8) is 0 Å². The summed E-state index contributed by atoms with van der Waals surface area (Å²) in [7, 11) is 1.63. The maximum atomic E-state index is 13.0. The fourth-order valence-electron chi connectivity index (χ4n) is 3.21. The van der Waals surface area contributed by atoms with Gasteiger partial charge >= 0.3 is 0 Å². The van der Waals surface area contributed by atoms with Crippen LogP contribution in [0.25, 0.3) is 0 Å². The van der Waals surface area contributed by atoms with E-state index in [-0.39, 0.29) is 11.2 Å². The van der Waals surface area contributed by atoms with Crippen molar-refractivity contribution in [2.75, 3.05) is 18.6 Å². The maximum Gasteiger partial charge on any atom is 0.249 e. The second-order valence-corrected chi connectivity index (χ2v) is 7.61. The van der Waals surface area contributed by atoms with Gasteiger partial charge in [-0.2, -0.15) is 0 Å². The Hall–Kier alpha value is -2.47. The maximum absolute atomic E-state index is 13.0. The third kappa shape index (κ3) is 3.70. The van der Waals surface area contributed by atoms with Gasteiger partial charge in [0.2, 0.25) is 11.8 Å². The van der Waals surface area contributed by atoms with Crippen LogP contribution in [0.4, 0.5) is 5.69 Å². The van der Waals surface area contributed by atoms with E-state index in [0.717, 1.165) is 34.7 Å². The normalized spacial score (nSPS) is 14.5. The van der Waals surface area contributed by atoms with E-state index >= 15 is 0 Å². The Kier molecular flexibility index (Phi) is 5.52. The second kappa shape index (κ2) is 7.83. The Bertz CT molecular complexity index is 820. The number of fused-ring (bicyclic) bond motifs is 1. The van der Waals surface area contributed by atoms with Crippen LogP contribution in [0.2, 0.25) is 0 Å². The average molecular weight is 370 g/mol. The third-order valence-corrected chi connectivity index (χ3v) is 5.60. The van der Waals surface area contributed by atoms with E-state index in [1.165, 1.54) is 11.8 Å². The highest BCUT2D eigenvalue weighted by Crippen LogP contribution is 2.33. The number of nitrogens with zero attached hydrogens (tertiary/aromatic N) is 1. The van der Waals surface area contributed by atoms with Gasteiger partial charge in [0.05, 0.1) is 12.4 Å². The van der Waals surface area contributed by atoms with Gasteiger partial charge < -0.3 is 15.4 Å². The van der Waals surface area contributed by atoms with E-state index < -0.39 is 5.91 Å². The van der Waals surface area contributed by atoms with Gasteiger partial charge in [-0.1, -0.05) is 6.07 Å². The number of amides is 2. The van der Waals surface area contributed by atoms with Gasteiger partial charge in [0.25, 0.3) is 0 Å². The number of hydrogen-bond acceptors (Lipinski definition) is 4. The molecule has 0 spiro atoms. The molecule has 1 aliphatic rings. The summed E-state index contributed by atoms with van der Waals surface area (Å²) in [4.78, 5) is 27.5. The minimum absolute atomic E-state index is 0.0355. The first-order chi connectivity index (χ1) is 12.5. The van der Waals surface area contributed by atoms with Crippen LogP contribution in [-0.2, 0) is 11.2 Å². The van der Waals surface area contributed by atoms with E-state index in [2.05, 4.69) is 0 Å². The molecule has 2 aromatic carbocycles. The van der Waals surface area contributed by atoms with Crippen molar-refractivity contribution in [2.45, 2.75) is 29.9 Å². The van der Waals surface area contributed by atoms with Gasteiger partial charge in [0.15, 0.2) is 0 Å². The second-order valence-electron chi connectivity index (χ2n) is 6.20. The summed E-state index contributed by atoms with van der Waals surface area (Å²) in [6, 6.07) is 13.1. The number of rotatable bonds is 5. The first-order valence-electron chi connectivity index (χ1n) is 8.55. The SMILES string of the molecule is COc1ccc(SC(C)C(=O)N2CCCc3c(C(N)=O)cccc32)cc1. The van der Waals surface area contributed by atoms with Crippen molar-refractivity contribution in [1.29, 1.82) is 0 Å². The topological polar surface area (TPSA) is 72.6 Å². The van der Waals surface area contributed by atoms with Crippen LogP contribution in [0.1, 0.15) is 29.3 Å². The number of nitrogens with two attached hydrogens (primary N) is 1. The lowest BCUT2D eigenvalue weighted by Crippen LogP contribution is -2.40. The largest absolute Gasteiger partial charge is 0.497 e. The molecule has 0 fully saturated rings. The van der Waals surface area contributed by atoms with E-state index in [9.17, 15) is 9.59 Å². The first kappa shape index (κ1) is 18.3. The van der Waals surface area contributed by atoms with Gasteiger partial charge in [-0.3, -0.25) is 9.59 Å². The Morgan fingerprint density at radius 3 is 2.58 bits per heavy atom. The number of benzene rings is 2. The zero-order valence-electron chi connectivity index (χ0n) is 14.9. The predicted octanol–water partition coefficient (Wildman–Crippen LogP) is 3.25. The minimum atomic E-state index is -0.447. The molecule has 0 radical (unpaired) electrons. The lowest BCUT2D eigenvalue weighted by Gasteiger charge is -2.32. The Morgan fingerprint density at radius 2 is 1.92 bits per heavy atom. The van der Waals surface area contributed by atoms with Crippen LogP contribution in [0.15, 0.2) is 47.4 Å². The highest BCUT2D eigenvalue weighted by molar-refractivity contribution is 8.00. The van der Waals surface area contributed by atoms with Crippen LogP contribution < -0.4 is 15.4 Å². The highest BCUT2D eigenvalue weighted by Gasteiger charge is 2.28. The molecule has 0 saturated heterocycles. The van der Waals surface area contributed by atoms with Gasteiger partial charge in [-0.25, -0.2) is 0 Å². The number of carbonyl (C=O) groups excluding carboxylic acids is 2. The number of carbonyl (C=O) groups is 2. The van der Waals surface area contributed by atoms with Gasteiger partial charge in [0.1, 0.15) is 5.75 Å². The van der Waals surface area contributed by atoms with Crippen LogP contribution in [0, 0.1) is 0 Å². The molecule has 2 aromatic rings. The van der Waals surface area contributed by atoms with E-state index in [4.69, 9.17) is 10.5 Å². The lowest BCUT2D eigenvalue weighted by atomic mass is 9.95. The Morgan fingerprint density at radius 1 is 1.19 bits per heavy atom. The van der Waals surface area contributed by atoms with E-state index in [1.807, 2.05) is 37.3 Å². The Labute approximate surface area is 157 Å². The molecule has 0 saturated carbocycles. The van der Waals surface area contributed by atoms with E-state index in [0.29, 0.717) is 12.1 Å². The van der Waals surface area contributed by atoms with Crippen LogP contribution in [-0.4, -0.2) is 30.7 Å².